The molecule has 0 heterocycles. The van der Waals surface area contributed by atoms with Gasteiger partial charge in [0.05, 0.1) is 0 Å². The number of rotatable bonds is 3. The first-order valence-corrected chi connectivity index (χ1v) is 6.06. The van der Waals surface area contributed by atoms with Crippen molar-refractivity contribution >= 4 is 20.0 Å². The van der Waals surface area contributed by atoms with E-state index in [0.29, 0.717) is 0 Å². The zero-order valence-corrected chi connectivity index (χ0v) is 9.43. The minimum atomic E-state index is 0.749. The molecule has 0 amide bonds. The summed E-state index contributed by atoms with van der Waals surface area (Å²) in [5.41, 5.74) is 1.26. The van der Waals surface area contributed by atoms with Crippen LogP contribution in [0, 0.1) is 0 Å². The molecule has 0 saturated carbocycles. The van der Waals surface area contributed by atoms with Crippen molar-refractivity contribution in [3.63, 3.8) is 0 Å². The normalized spacial score (nSPS) is 11.5. The smallest absolute Gasteiger partial charge is 0.0232 e. The van der Waals surface area contributed by atoms with E-state index in [1.807, 2.05) is 6.07 Å². The number of benzene rings is 2. The molecular weight excluding hydrogens is 199 g/mol. The molecule has 2 aromatic rings. The zero-order valence-electron chi connectivity index (χ0n) is 8.43. The summed E-state index contributed by atoms with van der Waals surface area (Å²) in [4.78, 5) is 0. The monoisotopic (exact) mass is 212 g/mol. The average Bonchev–Trinajstić information content (AvgIpc) is 2.32. The first-order chi connectivity index (χ1) is 7.45. The standard InChI is InChI=1S/C14H13P/c1-3-7-13(8-4-1)11-12-15-14-9-5-2-6-10-14/h1-12,15H/b12-11-. The Morgan fingerprint density at radius 1 is 0.733 bits per heavy atom. The third-order valence-electron chi connectivity index (χ3n) is 2.10. The van der Waals surface area contributed by atoms with Crippen molar-refractivity contribution in [3.8, 4) is 0 Å². The molecular formula is C14H13P. The van der Waals surface area contributed by atoms with E-state index in [-0.39, 0.29) is 0 Å². The Morgan fingerprint density at radius 2 is 1.33 bits per heavy atom. The number of hydrogen-bond donors (Lipinski definition) is 0. The molecule has 74 valence electrons. The Labute approximate surface area is 92.4 Å². The maximum atomic E-state index is 2.23. The lowest BCUT2D eigenvalue weighted by atomic mass is 10.2. The molecule has 0 aliphatic heterocycles. The van der Waals surface area contributed by atoms with Crippen molar-refractivity contribution in [1.29, 1.82) is 0 Å². The molecule has 2 rings (SSSR count). The SMILES string of the molecule is C(=C/c1ccccc1)/Pc1ccccc1. The fraction of sp³-hybridized carbons (Fsp3) is 0. The van der Waals surface area contributed by atoms with Crippen LogP contribution in [-0.2, 0) is 0 Å². The molecule has 0 radical (unpaired) electrons. The van der Waals surface area contributed by atoms with Gasteiger partial charge in [0.15, 0.2) is 0 Å². The van der Waals surface area contributed by atoms with Gasteiger partial charge in [-0.25, -0.2) is 0 Å². The molecule has 1 atom stereocenters. The molecule has 15 heavy (non-hydrogen) atoms. The van der Waals surface area contributed by atoms with Crippen LogP contribution < -0.4 is 5.30 Å². The van der Waals surface area contributed by atoms with E-state index < -0.39 is 0 Å². The van der Waals surface area contributed by atoms with Crippen LogP contribution in [-0.4, -0.2) is 0 Å². The topological polar surface area (TPSA) is 0 Å². The van der Waals surface area contributed by atoms with Gasteiger partial charge in [-0.05, 0) is 10.9 Å². The quantitative estimate of drug-likeness (QED) is 0.681. The highest BCUT2D eigenvalue weighted by atomic mass is 31.1. The molecule has 0 spiro atoms. The Balaban J connectivity index is 1.97. The van der Waals surface area contributed by atoms with Gasteiger partial charge in [0.25, 0.3) is 0 Å². The molecule has 0 saturated heterocycles. The third kappa shape index (κ3) is 3.34. The van der Waals surface area contributed by atoms with E-state index in [1.54, 1.807) is 0 Å². The van der Waals surface area contributed by atoms with Crippen LogP contribution in [0.25, 0.3) is 6.08 Å². The van der Waals surface area contributed by atoms with Crippen molar-refractivity contribution in [2.24, 2.45) is 0 Å². The lowest BCUT2D eigenvalue weighted by molar-refractivity contribution is 1.67. The molecule has 1 unspecified atom stereocenters. The van der Waals surface area contributed by atoms with E-state index in [1.165, 1.54) is 10.9 Å². The second-order valence-corrected chi connectivity index (χ2v) is 4.45. The lowest BCUT2D eigenvalue weighted by Crippen LogP contribution is -1.87. The van der Waals surface area contributed by atoms with Crippen LogP contribution in [0.4, 0.5) is 0 Å². The molecule has 0 fully saturated rings. The van der Waals surface area contributed by atoms with Crippen molar-refractivity contribution in [2.45, 2.75) is 0 Å². The molecule has 0 aliphatic rings. The second-order valence-electron chi connectivity index (χ2n) is 3.25. The Bertz CT molecular complexity index is 418. The van der Waals surface area contributed by atoms with Crippen LogP contribution >= 0.6 is 8.58 Å². The summed E-state index contributed by atoms with van der Waals surface area (Å²) >= 11 is 0. The van der Waals surface area contributed by atoms with Crippen molar-refractivity contribution < 1.29 is 0 Å². The highest BCUT2D eigenvalue weighted by molar-refractivity contribution is 7.50. The molecule has 2 aromatic carbocycles. The predicted octanol–water partition coefficient (Wildman–Crippen LogP) is 3.66. The summed E-state index contributed by atoms with van der Waals surface area (Å²) in [6.07, 6.45) is 2.17. The highest BCUT2D eigenvalue weighted by Crippen LogP contribution is 2.14. The van der Waals surface area contributed by atoms with Gasteiger partial charge >= 0.3 is 0 Å². The van der Waals surface area contributed by atoms with Gasteiger partial charge in [-0.1, -0.05) is 81.1 Å². The lowest BCUT2D eigenvalue weighted by Gasteiger charge is -1.95. The average molecular weight is 212 g/mol. The summed E-state index contributed by atoms with van der Waals surface area (Å²) in [6.45, 7) is 0. The van der Waals surface area contributed by atoms with Crippen LogP contribution in [0.2, 0.25) is 0 Å². The van der Waals surface area contributed by atoms with Gasteiger partial charge < -0.3 is 0 Å². The summed E-state index contributed by atoms with van der Waals surface area (Å²) < 4.78 is 0. The minimum absolute atomic E-state index is 0.749. The van der Waals surface area contributed by atoms with Crippen molar-refractivity contribution in [2.75, 3.05) is 0 Å². The van der Waals surface area contributed by atoms with Gasteiger partial charge in [0.1, 0.15) is 0 Å². The predicted molar refractivity (Wildman–Crippen MR) is 69.9 cm³/mol. The second kappa shape index (κ2) is 5.48. The van der Waals surface area contributed by atoms with E-state index in [0.717, 1.165) is 8.58 Å². The Morgan fingerprint density at radius 3 is 2.00 bits per heavy atom. The van der Waals surface area contributed by atoms with E-state index in [9.17, 15) is 0 Å². The fourth-order valence-electron chi connectivity index (χ4n) is 1.33. The van der Waals surface area contributed by atoms with Crippen LogP contribution in [0.5, 0.6) is 0 Å². The molecule has 0 bridgehead atoms. The maximum absolute atomic E-state index is 2.23. The summed E-state index contributed by atoms with van der Waals surface area (Å²) in [5, 5.41) is 1.38. The molecule has 0 N–H and O–H groups in total. The molecule has 1 heteroatoms. The highest BCUT2D eigenvalue weighted by Gasteiger charge is 1.86. The third-order valence-corrected chi connectivity index (χ3v) is 3.10. The molecule has 0 aromatic heterocycles. The van der Waals surface area contributed by atoms with Crippen LogP contribution in [0.3, 0.4) is 0 Å². The van der Waals surface area contributed by atoms with Gasteiger partial charge in [-0.3, -0.25) is 0 Å². The summed E-state index contributed by atoms with van der Waals surface area (Å²) in [5.74, 6) is 2.23. The number of hydrogen-bond acceptors (Lipinski definition) is 0. The van der Waals surface area contributed by atoms with Gasteiger partial charge in [-0.15, -0.1) is 0 Å². The van der Waals surface area contributed by atoms with Gasteiger partial charge in [-0.2, -0.15) is 0 Å². The van der Waals surface area contributed by atoms with E-state index in [2.05, 4.69) is 66.5 Å². The minimum Gasteiger partial charge on any atom is -0.0669 e. The first-order valence-electron chi connectivity index (χ1n) is 4.98. The van der Waals surface area contributed by atoms with Crippen molar-refractivity contribution in [1.82, 2.24) is 0 Å². The molecule has 0 nitrogen and oxygen atoms in total. The molecule has 0 aliphatic carbocycles. The van der Waals surface area contributed by atoms with Crippen LogP contribution in [0.15, 0.2) is 66.5 Å². The fourth-order valence-corrected chi connectivity index (χ4v) is 2.19. The van der Waals surface area contributed by atoms with Gasteiger partial charge in [0, 0.05) is 0 Å². The van der Waals surface area contributed by atoms with Gasteiger partial charge in [0.2, 0.25) is 0 Å². The van der Waals surface area contributed by atoms with E-state index >= 15 is 0 Å². The van der Waals surface area contributed by atoms with Crippen molar-refractivity contribution in [3.05, 3.63) is 72.0 Å². The largest absolute Gasteiger partial charge is 0.0669 e. The Hall–Kier alpha value is -1.39. The maximum Gasteiger partial charge on any atom is -0.0232 e. The summed E-state index contributed by atoms with van der Waals surface area (Å²) in [6, 6.07) is 20.9. The Kier molecular flexibility index (Phi) is 3.70. The summed E-state index contributed by atoms with van der Waals surface area (Å²) in [7, 11) is 0.749. The van der Waals surface area contributed by atoms with Crippen LogP contribution in [0.1, 0.15) is 5.56 Å². The zero-order chi connectivity index (χ0) is 10.3. The first kappa shape index (κ1) is 10.1. The van der Waals surface area contributed by atoms with E-state index in [4.69, 9.17) is 0 Å².